The molecule has 0 aliphatic rings. The van der Waals surface area contributed by atoms with Gasteiger partial charge in [-0.25, -0.2) is 4.98 Å². The maximum absolute atomic E-state index is 5.09. The van der Waals surface area contributed by atoms with Crippen molar-refractivity contribution in [3.05, 3.63) is 59.0 Å². The summed E-state index contributed by atoms with van der Waals surface area (Å²) >= 11 is 5.09. The van der Waals surface area contributed by atoms with E-state index in [9.17, 15) is 0 Å². The van der Waals surface area contributed by atoms with Crippen LogP contribution in [0.4, 0.5) is 0 Å². The standard InChI is InChI=1S/C15H12N2S/c1-10-9-16-15(18)17-14(10)13-7-6-11-4-2-3-5-12(11)8-13/h2-9H,1H3,(H,16,17,18). The number of hydrogen-bond acceptors (Lipinski definition) is 2. The minimum absolute atomic E-state index is 0.517. The van der Waals surface area contributed by atoms with Crippen molar-refractivity contribution >= 4 is 23.0 Å². The molecule has 1 N–H and O–H groups in total. The fraction of sp³-hybridized carbons (Fsp3) is 0.0667. The third-order valence-electron chi connectivity index (χ3n) is 3.04. The molecule has 0 amide bonds. The van der Waals surface area contributed by atoms with Crippen molar-refractivity contribution in [3.63, 3.8) is 0 Å². The third-order valence-corrected chi connectivity index (χ3v) is 3.25. The highest BCUT2D eigenvalue weighted by molar-refractivity contribution is 7.71. The molecule has 88 valence electrons. The zero-order chi connectivity index (χ0) is 12.5. The van der Waals surface area contributed by atoms with E-state index in [0.717, 1.165) is 16.8 Å². The highest BCUT2D eigenvalue weighted by atomic mass is 32.1. The molecule has 0 saturated carbocycles. The van der Waals surface area contributed by atoms with Gasteiger partial charge in [-0.05, 0) is 47.1 Å². The van der Waals surface area contributed by atoms with Crippen LogP contribution in [0.15, 0.2) is 48.7 Å². The van der Waals surface area contributed by atoms with Crippen LogP contribution in [-0.2, 0) is 0 Å². The van der Waals surface area contributed by atoms with Crippen LogP contribution in [0.1, 0.15) is 5.56 Å². The number of nitrogens with zero attached hydrogens (tertiary/aromatic N) is 1. The fourth-order valence-electron chi connectivity index (χ4n) is 2.10. The van der Waals surface area contributed by atoms with Crippen LogP contribution in [0.2, 0.25) is 0 Å². The van der Waals surface area contributed by atoms with Gasteiger partial charge in [-0.1, -0.05) is 36.4 Å². The molecule has 1 aromatic heterocycles. The van der Waals surface area contributed by atoms with Gasteiger partial charge in [-0.2, -0.15) is 0 Å². The smallest absolute Gasteiger partial charge is 0.197 e. The fourth-order valence-corrected chi connectivity index (χ4v) is 2.26. The highest BCUT2D eigenvalue weighted by Gasteiger charge is 2.03. The minimum atomic E-state index is 0.517. The van der Waals surface area contributed by atoms with Gasteiger partial charge in [0.15, 0.2) is 4.77 Å². The Morgan fingerprint density at radius 1 is 1.06 bits per heavy atom. The van der Waals surface area contributed by atoms with E-state index in [-0.39, 0.29) is 0 Å². The number of H-pyrrole nitrogens is 1. The van der Waals surface area contributed by atoms with Crippen molar-refractivity contribution < 1.29 is 0 Å². The van der Waals surface area contributed by atoms with Gasteiger partial charge >= 0.3 is 0 Å². The van der Waals surface area contributed by atoms with Crippen LogP contribution in [0, 0.1) is 11.7 Å². The summed E-state index contributed by atoms with van der Waals surface area (Å²) in [5.41, 5.74) is 3.28. The van der Waals surface area contributed by atoms with Gasteiger partial charge in [0.05, 0.1) is 5.69 Å². The SMILES string of the molecule is Cc1cnc(=S)[nH]c1-c1ccc2ccccc2c1. The van der Waals surface area contributed by atoms with Crippen molar-refractivity contribution in [2.24, 2.45) is 0 Å². The number of nitrogens with one attached hydrogen (secondary N) is 1. The summed E-state index contributed by atoms with van der Waals surface area (Å²) in [4.78, 5) is 7.25. The molecular formula is C15H12N2S. The first-order valence-electron chi connectivity index (χ1n) is 5.79. The average Bonchev–Trinajstić information content (AvgIpc) is 2.41. The van der Waals surface area contributed by atoms with Gasteiger partial charge in [0.25, 0.3) is 0 Å². The molecule has 2 nitrogen and oxygen atoms in total. The molecule has 3 rings (SSSR count). The lowest BCUT2D eigenvalue weighted by molar-refractivity contribution is 1.11. The topological polar surface area (TPSA) is 28.7 Å². The Labute approximate surface area is 110 Å². The predicted octanol–water partition coefficient (Wildman–Crippen LogP) is 4.27. The molecule has 0 unspecified atom stereocenters. The molecule has 2 aromatic carbocycles. The molecule has 0 fully saturated rings. The number of aryl methyl sites for hydroxylation is 1. The second-order valence-corrected chi connectivity index (χ2v) is 4.69. The second kappa shape index (κ2) is 4.35. The number of aromatic amines is 1. The van der Waals surface area contributed by atoms with Gasteiger partial charge in [-0.15, -0.1) is 0 Å². The molecule has 3 aromatic rings. The van der Waals surface area contributed by atoms with E-state index >= 15 is 0 Å². The zero-order valence-corrected chi connectivity index (χ0v) is 10.8. The van der Waals surface area contributed by atoms with Gasteiger partial charge < -0.3 is 4.98 Å². The number of benzene rings is 2. The maximum atomic E-state index is 5.09. The normalized spacial score (nSPS) is 10.7. The van der Waals surface area contributed by atoms with Crippen molar-refractivity contribution in [2.75, 3.05) is 0 Å². The Kier molecular flexibility index (Phi) is 2.68. The summed E-state index contributed by atoms with van der Waals surface area (Å²) in [5, 5.41) is 2.47. The van der Waals surface area contributed by atoms with E-state index in [4.69, 9.17) is 12.2 Å². The Balaban J connectivity index is 2.25. The molecule has 0 spiro atoms. The van der Waals surface area contributed by atoms with Crippen molar-refractivity contribution in [1.82, 2.24) is 9.97 Å². The van der Waals surface area contributed by atoms with Gasteiger partial charge in [0.2, 0.25) is 0 Å². The first-order chi connectivity index (χ1) is 8.74. The summed E-state index contributed by atoms with van der Waals surface area (Å²) < 4.78 is 0.517. The summed E-state index contributed by atoms with van der Waals surface area (Å²) in [7, 11) is 0. The van der Waals surface area contributed by atoms with Crippen LogP contribution in [0.25, 0.3) is 22.0 Å². The predicted molar refractivity (Wildman–Crippen MR) is 77.1 cm³/mol. The van der Waals surface area contributed by atoms with E-state index in [1.54, 1.807) is 0 Å². The van der Waals surface area contributed by atoms with E-state index in [1.807, 2.05) is 25.3 Å². The number of fused-ring (bicyclic) bond motifs is 1. The number of hydrogen-bond donors (Lipinski definition) is 1. The lowest BCUT2D eigenvalue weighted by atomic mass is 10.0. The van der Waals surface area contributed by atoms with E-state index in [1.165, 1.54) is 10.8 Å². The van der Waals surface area contributed by atoms with Crippen molar-refractivity contribution in [2.45, 2.75) is 6.92 Å². The van der Waals surface area contributed by atoms with Gasteiger partial charge in [-0.3, -0.25) is 0 Å². The quantitative estimate of drug-likeness (QED) is 0.655. The first-order valence-corrected chi connectivity index (χ1v) is 6.20. The Morgan fingerprint density at radius 3 is 2.67 bits per heavy atom. The lowest BCUT2D eigenvalue weighted by Gasteiger charge is -2.07. The molecule has 0 atom stereocenters. The largest absolute Gasteiger partial charge is 0.330 e. The van der Waals surface area contributed by atoms with Crippen LogP contribution in [-0.4, -0.2) is 9.97 Å². The second-order valence-electron chi connectivity index (χ2n) is 4.31. The maximum Gasteiger partial charge on any atom is 0.197 e. The summed E-state index contributed by atoms with van der Waals surface area (Å²) in [6.45, 7) is 2.03. The Morgan fingerprint density at radius 2 is 1.83 bits per heavy atom. The molecule has 0 aliphatic heterocycles. The van der Waals surface area contributed by atoms with Crippen molar-refractivity contribution in [1.29, 1.82) is 0 Å². The van der Waals surface area contributed by atoms with E-state index in [2.05, 4.69) is 40.3 Å². The van der Waals surface area contributed by atoms with Crippen LogP contribution in [0.3, 0.4) is 0 Å². The molecule has 3 heteroatoms. The van der Waals surface area contributed by atoms with Crippen LogP contribution < -0.4 is 0 Å². The van der Waals surface area contributed by atoms with Gasteiger partial charge in [0, 0.05) is 6.20 Å². The highest BCUT2D eigenvalue weighted by Crippen LogP contribution is 2.24. The molecular weight excluding hydrogens is 240 g/mol. The molecule has 0 aliphatic carbocycles. The molecule has 0 radical (unpaired) electrons. The molecule has 18 heavy (non-hydrogen) atoms. The zero-order valence-electron chi connectivity index (χ0n) is 9.97. The lowest BCUT2D eigenvalue weighted by Crippen LogP contribution is -1.91. The van der Waals surface area contributed by atoms with Crippen LogP contribution in [0.5, 0.6) is 0 Å². The van der Waals surface area contributed by atoms with Crippen molar-refractivity contribution in [3.8, 4) is 11.3 Å². The number of aromatic nitrogens is 2. The van der Waals surface area contributed by atoms with Crippen LogP contribution >= 0.6 is 12.2 Å². The minimum Gasteiger partial charge on any atom is -0.330 e. The molecule has 0 bridgehead atoms. The van der Waals surface area contributed by atoms with E-state index < -0.39 is 0 Å². The Hall–Kier alpha value is -2.00. The summed E-state index contributed by atoms with van der Waals surface area (Å²) in [6.07, 6.45) is 1.81. The monoisotopic (exact) mass is 252 g/mol. The average molecular weight is 252 g/mol. The van der Waals surface area contributed by atoms with Gasteiger partial charge in [0.1, 0.15) is 0 Å². The summed E-state index contributed by atoms with van der Waals surface area (Å²) in [6, 6.07) is 14.7. The third kappa shape index (κ3) is 1.93. The molecule has 0 saturated heterocycles. The first kappa shape index (κ1) is 11.1. The number of rotatable bonds is 1. The molecule has 1 heterocycles. The summed E-state index contributed by atoms with van der Waals surface area (Å²) in [5.74, 6) is 0. The van der Waals surface area contributed by atoms with E-state index in [0.29, 0.717) is 4.77 Å². The Bertz CT molecular complexity index is 775.